The van der Waals surface area contributed by atoms with E-state index >= 15 is 0 Å². The molecule has 9 heteroatoms. The van der Waals surface area contributed by atoms with Gasteiger partial charge in [-0.25, -0.2) is 15.0 Å². The summed E-state index contributed by atoms with van der Waals surface area (Å²) in [7, 11) is 0. The molecule has 0 spiro atoms. The number of hydrogen-bond donors (Lipinski definition) is 2. The number of anilines is 2. The van der Waals surface area contributed by atoms with Gasteiger partial charge in [0.25, 0.3) is 0 Å². The molecule has 1 amide bonds. The third-order valence-corrected chi connectivity index (χ3v) is 6.49. The van der Waals surface area contributed by atoms with Crippen LogP contribution in [0.5, 0.6) is 0 Å². The lowest BCUT2D eigenvalue weighted by atomic mass is 10.2. The van der Waals surface area contributed by atoms with E-state index in [4.69, 9.17) is 9.97 Å². The van der Waals surface area contributed by atoms with Gasteiger partial charge in [-0.05, 0) is 38.8 Å². The fraction of sp³-hybridized carbons (Fsp3) is 0.417. The van der Waals surface area contributed by atoms with Crippen LogP contribution in [0.3, 0.4) is 0 Å². The van der Waals surface area contributed by atoms with Crippen molar-refractivity contribution < 1.29 is 9.90 Å². The molecule has 1 unspecified atom stereocenters. The van der Waals surface area contributed by atoms with Gasteiger partial charge >= 0.3 is 0 Å². The monoisotopic (exact) mass is 466 g/mol. The summed E-state index contributed by atoms with van der Waals surface area (Å²) in [6.45, 7) is 5.81. The van der Waals surface area contributed by atoms with E-state index in [1.54, 1.807) is 16.2 Å². The molecule has 0 bridgehead atoms. The Morgan fingerprint density at radius 2 is 2.09 bits per heavy atom. The van der Waals surface area contributed by atoms with Gasteiger partial charge in [0.15, 0.2) is 5.13 Å². The Morgan fingerprint density at radius 3 is 2.82 bits per heavy atom. The number of carbonyl (C=O) groups is 1. The molecule has 3 heterocycles. The highest BCUT2D eigenvalue weighted by Gasteiger charge is 2.31. The van der Waals surface area contributed by atoms with E-state index < -0.39 is 0 Å². The number of aryl methyl sites for hydroxylation is 2. The van der Waals surface area contributed by atoms with Crippen LogP contribution >= 0.6 is 11.3 Å². The van der Waals surface area contributed by atoms with E-state index in [0.29, 0.717) is 13.1 Å². The van der Waals surface area contributed by atoms with Crippen LogP contribution in [0.25, 0.3) is 0 Å². The number of likely N-dealkylation sites (tertiary alicyclic amines) is 1. The molecule has 2 aromatic heterocycles. The third-order valence-electron chi connectivity index (χ3n) is 5.67. The third kappa shape index (κ3) is 6.13. The molecule has 0 aliphatic carbocycles. The fourth-order valence-corrected chi connectivity index (χ4v) is 4.80. The van der Waals surface area contributed by atoms with Crippen LogP contribution in [0, 0.1) is 13.8 Å². The zero-order valence-electron chi connectivity index (χ0n) is 19.1. The van der Waals surface area contributed by atoms with Crippen LogP contribution in [0.1, 0.15) is 40.8 Å². The molecule has 1 atom stereocenters. The highest BCUT2D eigenvalue weighted by Crippen LogP contribution is 2.31. The van der Waals surface area contributed by atoms with Crippen molar-refractivity contribution in [3.05, 3.63) is 64.6 Å². The largest absolute Gasteiger partial charge is 0.395 e. The molecule has 3 aromatic rings. The number of aliphatic hydroxyl groups excluding tert-OH is 1. The summed E-state index contributed by atoms with van der Waals surface area (Å²) >= 11 is 1.58. The molecule has 1 fully saturated rings. The SMILES string of the molecule is Cc1cc(Nc2ncc(C)s2)nc(C2CCCN2CC(=O)N(CCO)Cc2ccccc2)n1. The first kappa shape index (κ1) is 23.3. The maximum atomic E-state index is 13.2. The van der Waals surface area contributed by atoms with Gasteiger partial charge in [0.1, 0.15) is 11.6 Å². The molecular formula is C24H30N6O2S. The van der Waals surface area contributed by atoms with Crippen molar-refractivity contribution in [1.29, 1.82) is 0 Å². The molecule has 0 radical (unpaired) electrons. The first-order chi connectivity index (χ1) is 16.0. The maximum absolute atomic E-state index is 13.2. The molecule has 33 heavy (non-hydrogen) atoms. The first-order valence-electron chi connectivity index (χ1n) is 11.2. The molecule has 1 aliphatic heterocycles. The Bertz CT molecular complexity index is 1070. The number of nitrogens with one attached hydrogen (secondary N) is 1. The quantitative estimate of drug-likeness (QED) is 0.499. The zero-order chi connectivity index (χ0) is 23.2. The normalized spacial score (nSPS) is 16.2. The van der Waals surface area contributed by atoms with Gasteiger partial charge < -0.3 is 15.3 Å². The van der Waals surface area contributed by atoms with Crippen molar-refractivity contribution in [2.45, 2.75) is 39.3 Å². The summed E-state index contributed by atoms with van der Waals surface area (Å²) in [4.78, 5) is 32.0. The summed E-state index contributed by atoms with van der Waals surface area (Å²) in [5, 5.41) is 13.6. The van der Waals surface area contributed by atoms with Crippen LogP contribution in [0.15, 0.2) is 42.6 Å². The lowest BCUT2D eigenvalue weighted by molar-refractivity contribution is -0.133. The van der Waals surface area contributed by atoms with Crippen molar-refractivity contribution in [1.82, 2.24) is 24.8 Å². The molecule has 1 saturated heterocycles. The Hall–Kier alpha value is -2.88. The second kappa shape index (κ2) is 10.8. The minimum atomic E-state index is -0.0613. The summed E-state index contributed by atoms with van der Waals surface area (Å²) in [6, 6.07) is 11.8. The molecule has 0 saturated carbocycles. The number of thiazole rings is 1. The highest BCUT2D eigenvalue weighted by molar-refractivity contribution is 7.15. The predicted molar refractivity (Wildman–Crippen MR) is 129 cm³/mol. The van der Waals surface area contributed by atoms with E-state index in [-0.39, 0.29) is 25.1 Å². The summed E-state index contributed by atoms with van der Waals surface area (Å²) < 4.78 is 0. The molecule has 174 valence electrons. The van der Waals surface area contributed by atoms with Crippen molar-refractivity contribution in [2.75, 3.05) is 31.6 Å². The average Bonchev–Trinajstić information content (AvgIpc) is 3.42. The molecule has 1 aliphatic rings. The van der Waals surface area contributed by atoms with Gasteiger partial charge in [0, 0.05) is 35.9 Å². The van der Waals surface area contributed by atoms with Crippen molar-refractivity contribution >= 4 is 28.2 Å². The van der Waals surface area contributed by atoms with Gasteiger partial charge in [-0.2, -0.15) is 0 Å². The summed E-state index contributed by atoms with van der Waals surface area (Å²) in [5.74, 6) is 1.45. The number of aromatic nitrogens is 3. The van der Waals surface area contributed by atoms with Gasteiger partial charge in [-0.15, -0.1) is 11.3 Å². The fourth-order valence-electron chi connectivity index (χ4n) is 4.12. The number of nitrogens with zero attached hydrogens (tertiary/aromatic N) is 5. The van der Waals surface area contributed by atoms with Crippen molar-refractivity contribution in [2.24, 2.45) is 0 Å². The maximum Gasteiger partial charge on any atom is 0.237 e. The number of rotatable bonds is 9. The minimum absolute atomic E-state index is 0.00376. The number of amides is 1. The van der Waals surface area contributed by atoms with Crippen LogP contribution in [-0.2, 0) is 11.3 Å². The van der Waals surface area contributed by atoms with Crippen molar-refractivity contribution in [3.63, 3.8) is 0 Å². The highest BCUT2D eigenvalue weighted by atomic mass is 32.1. The molecule has 8 nitrogen and oxygen atoms in total. The van der Waals surface area contributed by atoms with E-state index in [9.17, 15) is 9.90 Å². The average molecular weight is 467 g/mol. The van der Waals surface area contributed by atoms with E-state index in [2.05, 4.69) is 15.2 Å². The van der Waals surface area contributed by atoms with E-state index in [1.807, 2.05) is 56.4 Å². The lowest BCUT2D eigenvalue weighted by Gasteiger charge is -2.28. The number of benzene rings is 1. The van der Waals surface area contributed by atoms with Crippen LogP contribution in [0.4, 0.5) is 10.9 Å². The van der Waals surface area contributed by atoms with Crippen LogP contribution in [-0.4, -0.2) is 62.0 Å². The van der Waals surface area contributed by atoms with Crippen LogP contribution in [0.2, 0.25) is 0 Å². The van der Waals surface area contributed by atoms with Gasteiger partial charge in [0.05, 0.1) is 19.2 Å². The van der Waals surface area contributed by atoms with Gasteiger partial charge in [-0.3, -0.25) is 9.69 Å². The first-order valence-corrected chi connectivity index (χ1v) is 12.0. The lowest BCUT2D eigenvalue weighted by Crippen LogP contribution is -2.41. The van der Waals surface area contributed by atoms with E-state index in [0.717, 1.165) is 52.3 Å². The Kier molecular flexibility index (Phi) is 7.64. The van der Waals surface area contributed by atoms with Crippen molar-refractivity contribution in [3.8, 4) is 0 Å². The Labute approximate surface area is 198 Å². The van der Waals surface area contributed by atoms with Crippen LogP contribution < -0.4 is 5.32 Å². The zero-order valence-corrected chi connectivity index (χ0v) is 19.9. The topological polar surface area (TPSA) is 94.5 Å². The molecule has 4 rings (SSSR count). The molecule has 1 aromatic carbocycles. The number of aliphatic hydroxyl groups is 1. The number of carbonyl (C=O) groups excluding carboxylic acids is 1. The molecule has 2 N–H and O–H groups in total. The smallest absolute Gasteiger partial charge is 0.237 e. The van der Waals surface area contributed by atoms with Gasteiger partial charge in [0.2, 0.25) is 5.91 Å². The van der Waals surface area contributed by atoms with E-state index in [1.165, 1.54) is 0 Å². The Morgan fingerprint density at radius 1 is 1.27 bits per heavy atom. The number of hydrogen-bond acceptors (Lipinski definition) is 8. The standard InChI is InChI=1S/C24H30N6O2S/c1-17-13-21(28-24-25-14-18(2)33-24)27-23(26-17)20-9-6-10-29(20)16-22(32)30(11-12-31)15-19-7-4-3-5-8-19/h3-5,7-8,13-14,20,31H,6,9-12,15-16H2,1-2H3,(H,25,26,27,28). The predicted octanol–water partition coefficient (Wildman–Crippen LogP) is 3.45. The summed E-state index contributed by atoms with van der Waals surface area (Å²) in [5.41, 5.74) is 1.92. The Balaban J connectivity index is 1.47. The minimum Gasteiger partial charge on any atom is -0.395 e. The second-order valence-electron chi connectivity index (χ2n) is 8.31. The second-order valence-corrected chi connectivity index (χ2v) is 9.54. The van der Waals surface area contributed by atoms with Gasteiger partial charge in [-0.1, -0.05) is 30.3 Å². The molecular weight excluding hydrogens is 436 g/mol. The summed E-state index contributed by atoms with van der Waals surface area (Å²) in [6.07, 6.45) is 3.73.